The maximum Gasteiger partial charge on any atom is 0.137 e. The van der Waals surface area contributed by atoms with Crippen molar-refractivity contribution in [3.63, 3.8) is 0 Å². The second-order valence-corrected chi connectivity index (χ2v) is 8.47. The van der Waals surface area contributed by atoms with Crippen LogP contribution in [0, 0.1) is 0 Å². The van der Waals surface area contributed by atoms with E-state index in [1.807, 2.05) is 18.3 Å². The molecule has 0 aliphatic rings. The first-order chi connectivity index (χ1) is 15.3. The number of aromatic nitrogens is 1. The highest BCUT2D eigenvalue weighted by Gasteiger charge is 2.02. The smallest absolute Gasteiger partial charge is 0.137 e. The van der Waals surface area contributed by atoms with Crippen LogP contribution in [0.5, 0.6) is 5.75 Å². The standard InChI is InChI=1S/C28H43NO2/c1-3-5-7-9-11-13-21-30-22-23-31-27-19-20-28(29-24-27)26-17-15-25(16-18-26)14-12-10-8-6-4-2/h15-20,24H,3-14,21-23H2,1-2H3. The Hall–Kier alpha value is -1.87. The Balaban J connectivity index is 1.60. The zero-order chi connectivity index (χ0) is 22.0. The van der Waals surface area contributed by atoms with Crippen LogP contribution in [-0.2, 0) is 11.2 Å². The van der Waals surface area contributed by atoms with Crippen molar-refractivity contribution >= 4 is 0 Å². The number of hydrogen-bond donors (Lipinski definition) is 0. The van der Waals surface area contributed by atoms with Crippen molar-refractivity contribution in [2.45, 2.75) is 90.9 Å². The molecule has 0 fully saturated rings. The van der Waals surface area contributed by atoms with E-state index in [1.54, 1.807) is 0 Å². The summed E-state index contributed by atoms with van der Waals surface area (Å²) in [6.45, 7) is 6.56. The van der Waals surface area contributed by atoms with Crippen molar-refractivity contribution < 1.29 is 9.47 Å². The van der Waals surface area contributed by atoms with Crippen molar-refractivity contribution in [3.05, 3.63) is 48.2 Å². The van der Waals surface area contributed by atoms with Gasteiger partial charge < -0.3 is 9.47 Å². The predicted octanol–water partition coefficient (Wildman–Crippen LogP) is 8.02. The van der Waals surface area contributed by atoms with Gasteiger partial charge in [0.05, 0.1) is 18.5 Å². The molecule has 1 heterocycles. The van der Waals surface area contributed by atoms with Crippen molar-refractivity contribution in [2.75, 3.05) is 19.8 Å². The Labute approximate surface area is 190 Å². The summed E-state index contributed by atoms with van der Waals surface area (Å²) in [5.74, 6) is 0.801. The van der Waals surface area contributed by atoms with Gasteiger partial charge in [-0.1, -0.05) is 95.9 Å². The van der Waals surface area contributed by atoms with Crippen molar-refractivity contribution in [3.8, 4) is 17.0 Å². The Morgan fingerprint density at radius 2 is 1.32 bits per heavy atom. The number of ether oxygens (including phenoxy) is 2. The molecule has 0 aliphatic heterocycles. The van der Waals surface area contributed by atoms with Crippen LogP contribution >= 0.6 is 0 Å². The molecule has 2 rings (SSSR count). The molecular formula is C28H43NO2. The molecule has 172 valence electrons. The molecule has 0 radical (unpaired) electrons. The first-order valence-electron chi connectivity index (χ1n) is 12.6. The molecule has 2 aromatic rings. The molecule has 3 nitrogen and oxygen atoms in total. The van der Waals surface area contributed by atoms with Crippen LogP contribution in [0.3, 0.4) is 0 Å². The monoisotopic (exact) mass is 425 g/mol. The lowest BCUT2D eigenvalue weighted by atomic mass is 10.0. The first-order valence-corrected chi connectivity index (χ1v) is 12.6. The van der Waals surface area contributed by atoms with Gasteiger partial charge in [0.25, 0.3) is 0 Å². The fourth-order valence-electron chi connectivity index (χ4n) is 3.72. The highest BCUT2D eigenvalue weighted by Crippen LogP contribution is 2.21. The quantitative estimate of drug-likeness (QED) is 0.227. The zero-order valence-electron chi connectivity index (χ0n) is 19.9. The molecule has 3 heteroatoms. The van der Waals surface area contributed by atoms with Crippen LogP contribution in [0.2, 0.25) is 0 Å². The molecule has 0 saturated carbocycles. The Morgan fingerprint density at radius 1 is 0.645 bits per heavy atom. The Kier molecular flexibility index (Phi) is 13.7. The van der Waals surface area contributed by atoms with Crippen molar-refractivity contribution in [1.29, 1.82) is 0 Å². The number of unbranched alkanes of at least 4 members (excludes halogenated alkanes) is 9. The molecule has 0 N–H and O–H groups in total. The fourth-order valence-corrected chi connectivity index (χ4v) is 3.72. The van der Waals surface area contributed by atoms with Crippen LogP contribution in [-0.4, -0.2) is 24.8 Å². The fraction of sp³-hybridized carbons (Fsp3) is 0.607. The number of pyridine rings is 1. The molecule has 1 aromatic heterocycles. The van der Waals surface area contributed by atoms with Gasteiger partial charge in [-0.2, -0.15) is 0 Å². The Morgan fingerprint density at radius 3 is 2.00 bits per heavy atom. The van der Waals surface area contributed by atoms with Gasteiger partial charge in [-0.05, 0) is 37.0 Å². The molecule has 31 heavy (non-hydrogen) atoms. The summed E-state index contributed by atoms with van der Waals surface area (Å²) in [5.41, 5.74) is 3.56. The number of nitrogens with zero attached hydrogens (tertiary/aromatic N) is 1. The molecule has 0 amide bonds. The highest BCUT2D eigenvalue weighted by molar-refractivity contribution is 5.59. The van der Waals surface area contributed by atoms with Gasteiger partial charge in [0.15, 0.2) is 0 Å². The average Bonchev–Trinajstić information content (AvgIpc) is 2.81. The third kappa shape index (κ3) is 11.4. The van der Waals surface area contributed by atoms with E-state index in [0.29, 0.717) is 13.2 Å². The van der Waals surface area contributed by atoms with E-state index in [-0.39, 0.29) is 0 Å². The zero-order valence-corrected chi connectivity index (χ0v) is 19.9. The van der Waals surface area contributed by atoms with Crippen LogP contribution in [0.25, 0.3) is 11.3 Å². The lowest BCUT2D eigenvalue weighted by molar-refractivity contribution is 0.0969. The van der Waals surface area contributed by atoms with Gasteiger partial charge in [-0.3, -0.25) is 4.98 Å². The lowest BCUT2D eigenvalue weighted by Crippen LogP contribution is -2.07. The summed E-state index contributed by atoms with van der Waals surface area (Å²) in [7, 11) is 0. The predicted molar refractivity (Wildman–Crippen MR) is 132 cm³/mol. The van der Waals surface area contributed by atoms with Crippen molar-refractivity contribution in [2.24, 2.45) is 0 Å². The second-order valence-electron chi connectivity index (χ2n) is 8.47. The van der Waals surface area contributed by atoms with E-state index < -0.39 is 0 Å². The molecule has 0 bridgehead atoms. The van der Waals surface area contributed by atoms with Gasteiger partial charge in [0, 0.05) is 12.2 Å². The minimum absolute atomic E-state index is 0.573. The average molecular weight is 426 g/mol. The topological polar surface area (TPSA) is 31.4 Å². The van der Waals surface area contributed by atoms with Gasteiger partial charge in [-0.15, -0.1) is 0 Å². The number of hydrogen-bond acceptors (Lipinski definition) is 3. The molecule has 0 unspecified atom stereocenters. The molecule has 0 saturated heterocycles. The maximum atomic E-state index is 5.76. The molecule has 0 spiro atoms. The van der Waals surface area contributed by atoms with E-state index in [4.69, 9.17) is 9.47 Å². The van der Waals surface area contributed by atoms with E-state index in [9.17, 15) is 0 Å². The second kappa shape index (κ2) is 16.8. The first kappa shape index (κ1) is 25.4. The summed E-state index contributed by atoms with van der Waals surface area (Å²) in [6, 6.07) is 12.9. The maximum absolute atomic E-state index is 5.76. The molecule has 0 atom stereocenters. The van der Waals surface area contributed by atoms with E-state index in [1.165, 1.54) is 76.2 Å². The number of benzene rings is 1. The van der Waals surface area contributed by atoms with Crippen LogP contribution in [0.4, 0.5) is 0 Å². The number of rotatable bonds is 18. The minimum Gasteiger partial charge on any atom is -0.490 e. The van der Waals surface area contributed by atoms with Crippen LogP contribution in [0.15, 0.2) is 42.6 Å². The largest absolute Gasteiger partial charge is 0.490 e. The summed E-state index contributed by atoms with van der Waals surface area (Å²) in [5, 5.41) is 0. The van der Waals surface area contributed by atoms with Gasteiger partial charge in [-0.25, -0.2) is 0 Å². The Bertz CT molecular complexity index is 666. The van der Waals surface area contributed by atoms with Gasteiger partial charge in [0.1, 0.15) is 12.4 Å². The van der Waals surface area contributed by atoms with Crippen LogP contribution in [0.1, 0.15) is 90.0 Å². The summed E-state index contributed by atoms with van der Waals surface area (Å²) >= 11 is 0. The minimum atomic E-state index is 0.573. The van der Waals surface area contributed by atoms with Gasteiger partial charge >= 0.3 is 0 Å². The third-order valence-corrected chi connectivity index (χ3v) is 5.69. The van der Waals surface area contributed by atoms with Crippen molar-refractivity contribution in [1.82, 2.24) is 4.98 Å². The molecular weight excluding hydrogens is 382 g/mol. The van der Waals surface area contributed by atoms with E-state index in [2.05, 4.69) is 43.1 Å². The SMILES string of the molecule is CCCCCCCCOCCOc1ccc(-c2ccc(CCCCCCC)cc2)nc1. The summed E-state index contributed by atoms with van der Waals surface area (Å²) in [6.07, 6.45) is 17.4. The summed E-state index contributed by atoms with van der Waals surface area (Å²) in [4.78, 5) is 4.57. The molecule has 0 aliphatic carbocycles. The third-order valence-electron chi connectivity index (χ3n) is 5.69. The van der Waals surface area contributed by atoms with E-state index in [0.717, 1.165) is 30.0 Å². The van der Waals surface area contributed by atoms with Crippen LogP contribution < -0.4 is 4.74 Å². The van der Waals surface area contributed by atoms with E-state index >= 15 is 0 Å². The highest BCUT2D eigenvalue weighted by atomic mass is 16.5. The van der Waals surface area contributed by atoms with Gasteiger partial charge in [0.2, 0.25) is 0 Å². The normalized spacial score (nSPS) is 11.0. The number of aryl methyl sites for hydroxylation is 1. The lowest BCUT2D eigenvalue weighted by Gasteiger charge is -2.08. The summed E-state index contributed by atoms with van der Waals surface area (Å²) < 4.78 is 11.4. The molecule has 1 aromatic carbocycles.